The van der Waals surface area contributed by atoms with Gasteiger partial charge in [0.05, 0.1) is 11.7 Å². The van der Waals surface area contributed by atoms with Gasteiger partial charge in [-0.15, -0.1) is 0 Å². The summed E-state index contributed by atoms with van der Waals surface area (Å²) in [6.45, 7) is 4.25. The molecule has 0 radical (unpaired) electrons. The molecule has 0 aliphatic carbocycles. The van der Waals surface area contributed by atoms with Gasteiger partial charge in [-0.25, -0.2) is 0 Å². The molecule has 0 spiro atoms. The average Bonchev–Trinajstić information content (AvgIpc) is 2.83. The maximum Gasteiger partial charge on any atom is 0.416 e. The zero-order valence-electron chi connectivity index (χ0n) is 19.2. The second kappa shape index (κ2) is 12.6. The third-order valence-electron chi connectivity index (χ3n) is 5.44. The average molecular weight is 473 g/mol. The highest BCUT2D eigenvalue weighted by molar-refractivity contribution is 5.28. The lowest BCUT2D eigenvalue weighted by atomic mass is 10.0. The van der Waals surface area contributed by atoms with Crippen LogP contribution in [0.1, 0.15) is 35.3 Å². The molecular formula is C27H31F3N2O2. The van der Waals surface area contributed by atoms with Crippen molar-refractivity contribution in [3.63, 3.8) is 0 Å². The molecule has 3 N–H and O–H groups in total. The molecule has 0 fully saturated rings. The van der Waals surface area contributed by atoms with Crippen molar-refractivity contribution in [1.82, 2.24) is 10.6 Å². The van der Waals surface area contributed by atoms with Gasteiger partial charge in [0.2, 0.25) is 0 Å². The van der Waals surface area contributed by atoms with Crippen molar-refractivity contribution < 1.29 is 23.0 Å². The molecule has 7 heteroatoms. The molecular weight excluding hydrogens is 441 g/mol. The highest BCUT2D eigenvalue weighted by atomic mass is 19.4. The predicted molar refractivity (Wildman–Crippen MR) is 128 cm³/mol. The SMILES string of the molecule is CC(Cc1ccc(OCCNCc2ccccc2)cc1)NCC(O)c1cccc(C(F)(F)F)c1. The molecule has 0 aromatic heterocycles. The molecule has 34 heavy (non-hydrogen) atoms. The number of rotatable bonds is 12. The number of aliphatic hydroxyl groups is 1. The van der Waals surface area contributed by atoms with Crippen LogP contribution in [0.25, 0.3) is 0 Å². The molecule has 0 bridgehead atoms. The van der Waals surface area contributed by atoms with E-state index in [9.17, 15) is 18.3 Å². The van der Waals surface area contributed by atoms with Crippen molar-refractivity contribution in [2.75, 3.05) is 19.7 Å². The van der Waals surface area contributed by atoms with E-state index in [0.717, 1.165) is 36.5 Å². The van der Waals surface area contributed by atoms with E-state index in [2.05, 4.69) is 22.8 Å². The topological polar surface area (TPSA) is 53.5 Å². The molecule has 4 nitrogen and oxygen atoms in total. The maximum atomic E-state index is 12.9. The van der Waals surface area contributed by atoms with Gasteiger partial charge in [0, 0.05) is 25.7 Å². The molecule has 0 heterocycles. The van der Waals surface area contributed by atoms with Gasteiger partial charge < -0.3 is 20.5 Å². The molecule has 0 amide bonds. The lowest BCUT2D eigenvalue weighted by molar-refractivity contribution is -0.137. The minimum Gasteiger partial charge on any atom is -0.492 e. The molecule has 0 saturated heterocycles. The fraction of sp³-hybridized carbons (Fsp3) is 0.333. The van der Waals surface area contributed by atoms with Crippen LogP contribution in [0, 0.1) is 0 Å². The minimum absolute atomic E-state index is 0.0365. The van der Waals surface area contributed by atoms with Crippen LogP contribution >= 0.6 is 0 Å². The molecule has 3 aromatic carbocycles. The Morgan fingerprint density at radius 2 is 1.65 bits per heavy atom. The molecule has 2 unspecified atom stereocenters. The quantitative estimate of drug-likeness (QED) is 0.320. The van der Waals surface area contributed by atoms with Crippen LogP contribution in [0.3, 0.4) is 0 Å². The normalized spacial score (nSPS) is 13.4. The van der Waals surface area contributed by atoms with Gasteiger partial charge in [0.25, 0.3) is 0 Å². The van der Waals surface area contributed by atoms with Crippen LogP contribution in [0.4, 0.5) is 13.2 Å². The first-order valence-electron chi connectivity index (χ1n) is 11.4. The van der Waals surface area contributed by atoms with Crippen molar-refractivity contribution in [3.05, 3.63) is 101 Å². The summed E-state index contributed by atoms with van der Waals surface area (Å²) in [6.07, 6.45) is -4.73. The molecule has 3 rings (SSSR count). The van der Waals surface area contributed by atoms with E-state index in [-0.39, 0.29) is 18.2 Å². The van der Waals surface area contributed by atoms with Gasteiger partial charge in [-0.05, 0) is 54.3 Å². The van der Waals surface area contributed by atoms with Crippen molar-refractivity contribution in [2.45, 2.75) is 38.2 Å². The van der Waals surface area contributed by atoms with Crippen molar-refractivity contribution in [1.29, 1.82) is 0 Å². The number of hydrogen-bond donors (Lipinski definition) is 3. The van der Waals surface area contributed by atoms with E-state index in [0.29, 0.717) is 13.0 Å². The Morgan fingerprint density at radius 3 is 2.35 bits per heavy atom. The van der Waals surface area contributed by atoms with E-state index in [1.54, 1.807) is 0 Å². The van der Waals surface area contributed by atoms with Crippen LogP contribution in [0.15, 0.2) is 78.9 Å². The Balaban J connectivity index is 1.36. The molecule has 0 aliphatic rings. The van der Waals surface area contributed by atoms with Crippen LogP contribution in [0.2, 0.25) is 0 Å². The molecule has 3 aromatic rings. The predicted octanol–water partition coefficient (Wildman–Crippen LogP) is 5.13. The Labute approximate surface area is 198 Å². The number of aliphatic hydroxyl groups excluding tert-OH is 1. The van der Waals surface area contributed by atoms with Crippen LogP contribution < -0.4 is 15.4 Å². The monoisotopic (exact) mass is 472 g/mol. The number of ether oxygens (including phenoxy) is 1. The standard InChI is InChI=1S/C27H31F3N2O2/c1-20(32-19-26(33)23-8-5-9-24(17-23)27(28,29)30)16-21-10-12-25(13-11-21)34-15-14-31-18-22-6-3-2-4-7-22/h2-13,17,20,26,31-33H,14-16,18-19H2,1H3. The van der Waals surface area contributed by atoms with Gasteiger partial charge in [-0.1, -0.05) is 54.6 Å². The van der Waals surface area contributed by atoms with Crippen molar-refractivity contribution in [3.8, 4) is 5.75 Å². The smallest absolute Gasteiger partial charge is 0.416 e. The Hall–Kier alpha value is -2.87. The lowest BCUT2D eigenvalue weighted by Crippen LogP contribution is -2.32. The second-order valence-corrected chi connectivity index (χ2v) is 8.31. The number of halogens is 3. The van der Waals surface area contributed by atoms with Gasteiger partial charge in [-0.2, -0.15) is 13.2 Å². The second-order valence-electron chi connectivity index (χ2n) is 8.31. The first kappa shape index (κ1) is 25.7. The highest BCUT2D eigenvalue weighted by Crippen LogP contribution is 2.30. The number of nitrogens with one attached hydrogen (secondary N) is 2. The third kappa shape index (κ3) is 8.48. The summed E-state index contributed by atoms with van der Waals surface area (Å²) in [5.41, 5.74) is 1.82. The Morgan fingerprint density at radius 1 is 0.912 bits per heavy atom. The van der Waals surface area contributed by atoms with Gasteiger partial charge >= 0.3 is 6.18 Å². The summed E-state index contributed by atoms with van der Waals surface area (Å²) in [6, 6.07) is 22.9. The van der Waals surface area contributed by atoms with E-state index < -0.39 is 17.8 Å². The van der Waals surface area contributed by atoms with Gasteiger partial charge in [0.15, 0.2) is 0 Å². The van der Waals surface area contributed by atoms with Crippen molar-refractivity contribution in [2.24, 2.45) is 0 Å². The highest BCUT2D eigenvalue weighted by Gasteiger charge is 2.30. The van der Waals surface area contributed by atoms with E-state index >= 15 is 0 Å². The lowest BCUT2D eigenvalue weighted by Gasteiger charge is -2.18. The summed E-state index contributed by atoms with van der Waals surface area (Å²) in [7, 11) is 0. The first-order valence-corrected chi connectivity index (χ1v) is 11.4. The van der Waals surface area contributed by atoms with E-state index in [1.807, 2.05) is 49.4 Å². The zero-order valence-corrected chi connectivity index (χ0v) is 19.2. The van der Waals surface area contributed by atoms with Crippen molar-refractivity contribution >= 4 is 0 Å². The molecule has 0 aliphatic heterocycles. The largest absolute Gasteiger partial charge is 0.492 e. The van der Waals surface area contributed by atoms with Gasteiger partial charge in [-0.3, -0.25) is 0 Å². The minimum atomic E-state index is -4.43. The molecule has 182 valence electrons. The number of benzene rings is 3. The fourth-order valence-corrected chi connectivity index (χ4v) is 3.57. The maximum absolute atomic E-state index is 12.9. The van der Waals surface area contributed by atoms with E-state index in [4.69, 9.17) is 4.74 Å². The summed E-state index contributed by atoms with van der Waals surface area (Å²) in [5.74, 6) is 0.797. The first-order chi connectivity index (χ1) is 16.3. The Kier molecular flexibility index (Phi) is 9.51. The summed E-state index contributed by atoms with van der Waals surface area (Å²) in [5, 5.41) is 16.8. The summed E-state index contributed by atoms with van der Waals surface area (Å²) < 4.78 is 44.4. The van der Waals surface area contributed by atoms with Crippen LogP contribution in [0.5, 0.6) is 5.75 Å². The zero-order chi connectivity index (χ0) is 24.4. The summed E-state index contributed by atoms with van der Waals surface area (Å²) in [4.78, 5) is 0. The number of alkyl halides is 3. The van der Waals surface area contributed by atoms with Crippen LogP contribution in [-0.2, 0) is 19.1 Å². The molecule has 2 atom stereocenters. The summed E-state index contributed by atoms with van der Waals surface area (Å²) >= 11 is 0. The molecule has 0 saturated carbocycles. The third-order valence-corrected chi connectivity index (χ3v) is 5.44. The number of hydrogen-bond acceptors (Lipinski definition) is 4. The van der Waals surface area contributed by atoms with E-state index in [1.165, 1.54) is 17.7 Å². The van der Waals surface area contributed by atoms with Gasteiger partial charge in [0.1, 0.15) is 12.4 Å². The van der Waals surface area contributed by atoms with Crippen LogP contribution in [-0.4, -0.2) is 30.8 Å². The fourth-order valence-electron chi connectivity index (χ4n) is 3.57. The Bertz CT molecular complexity index is 995.